The highest BCUT2D eigenvalue weighted by Crippen LogP contribution is 2.28. The fourth-order valence-corrected chi connectivity index (χ4v) is 1.27. The molecule has 3 unspecified atom stereocenters. The average Bonchev–Trinajstić information content (AvgIpc) is 2.15. The lowest BCUT2D eigenvalue weighted by molar-refractivity contribution is -0.154. The first-order valence-corrected chi connectivity index (χ1v) is 3.95. The van der Waals surface area contributed by atoms with E-state index < -0.39 is 29.7 Å². The molecule has 0 spiro atoms. The molecular formula is C8H14O4. The Bertz CT molecular complexity index is 194. The van der Waals surface area contributed by atoms with Gasteiger partial charge in [0.2, 0.25) is 0 Å². The summed E-state index contributed by atoms with van der Waals surface area (Å²) in [6.45, 7) is 4.59. The fraction of sp³-hybridized carbons (Fsp3) is 0.875. The molecule has 12 heavy (non-hydrogen) atoms. The molecular weight excluding hydrogens is 160 g/mol. The van der Waals surface area contributed by atoms with Crippen LogP contribution in [0.4, 0.5) is 0 Å². The summed E-state index contributed by atoms with van der Waals surface area (Å²) in [4.78, 5) is 10.9. The molecule has 70 valence electrons. The zero-order valence-corrected chi connectivity index (χ0v) is 7.44. The molecule has 2 N–H and O–H groups in total. The van der Waals surface area contributed by atoms with Gasteiger partial charge in [0.25, 0.3) is 0 Å². The highest BCUT2D eigenvalue weighted by atomic mass is 16.6. The molecule has 4 nitrogen and oxygen atoms in total. The third-order valence-corrected chi connectivity index (χ3v) is 2.13. The van der Waals surface area contributed by atoms with Crippen LogP contribution in [0.2, 0.25) is 0 Å². The van der Waals surface area contributed by atoms with E-state index in [0.717, 1.165) is 0 Å². The third kappa shape index (κ3) is 1.44. The van der Waals surface area contributed by atoms with Crippen molar-refractivity contribution >= 4 is 5.97 Å². The number of cyclic esters (lactones) is 1. The van der Waals surface area contributed by atoms with Gasteiger partial charge in [0, 0.05) is 0 Å². The van der Waals surface area contributed by atoms with Crippen LogP contribution >= 0.6 is 0 Å². The van der Waals surface area contributed by atoms with Crippen molar-refractivity contribution in [1.82, 2.24) is 0 Å². The zero-order valence-electron chi connectivity index (χ0n) is 7.44. The minimum atomic E-state index is -1.18. The van der Waals surface area contributed by atoms with Crippen LogP contribution in [-0.4, -0.2) is 34.0 Å². The lowest BCUT2D eigenvalue weighted by atomic mass is 9.93. The van der Waals surface area contributed by atoms with Crippen molar-refractivity contribution in [3.63, 3.8) is 0 Å². The summed E-state index contributed by atoms with van der Waals surface area (Å²) >= 11 is 0. The number of rotatable bonds is 1. The second-order valence-electron chi connectivity index (χ2n) is 3.79. The standard InChI is InChI=1S/C8H14O4/c1-4-5(9)6(8(2,3)11)12-7(4)10/h4-6,9,11H,1-3H3. The number of aliphatic hydroxyl groups is 2. The van der Waals surface area contributed by atoms with Crippen LogP contribution in [0.3, 0.4) is 0 Å². The first-order chi connectivity index (χ1) is 5.34. The molecule has 1 aliphatic heterocycles. The SMILES string of the molecule is CC1C(=O)OC(C(C)(C)O)C1O. The van der Waals surface area contributed by atoms with Gasteiger partial charge in [0.1, 0.15) is 6.10 Å². The van der Waals surface area contributed by atoms with E-state index in [9.17, 15) is 15.0 Å². The van der Waals surface area contributed by atoms with E-state index in [4.69, 9.17) is 4.74 Å². The van der Waals surface area contributed by atoms with Crippen molar-refractivity contribution in [3.8, 4) is 0 Å². The lowest BCUT2D eigenvalue weighted by Gasteiger charge is -2.26. The Morgan fingerprint density at radius 3 is 2.17 bits per heavy atom. The summed E-state index contributed by atoms with van der Waals surface area (Å²) in [7, 11) is 0. The van der Waals surface area contributed by atoms with Gasteiger partial charge >= 0.3 is 5.97 Å². The molecule has 0 amide bonds. The monoisotopic (exact) mass is 174 g/mol. The largest absolute Gasteiger partial charge is 0.456 e. The smallest absolute Gasteiger partial charge is 0.311 e. The Morgan fingerprint density at radius 2 is 2.00 bits per heavy atom. The summed E-state index contributed by atoms with van der Waals surface area (Å²) in [6, 6.07) is 0. The predicted octanol–water partition coefficient (Wildman–Crippen LogP) is -0.320. The van der Waals surface area contributed by atoms with Gasteiger partial charge in [-0.05, 0) is 20.8 Å². The van der Waals surface area contributed by atoms with E-state index in [1.807, 2.05) is 0 Å². The molecule has 3 atom stereocenters. The molecule has 1 aliphatic rings. The molecule has 1 saturated heterocycles. The van der Waals surface area contributed by atoms with Crippen LogP contribution in [0.15, 0.2) is 0 Å². The summed E-state index contributed by atoms with van der Waals surface area (Å²) < 4.78 is 4.81. The summed E-state index contributed by atoms with van der Waals surface area (Å²) in [5.41, 5.74) is -1.18. The first-order valence-electron chi connectivity index (χ1n) is 3.95. The molecule has 0 aliphatic carbocycles. The van der Waals surface area contributed by atoms with E-state index in [-0.39, 0.29) is 0 Å². The van der Waals surface area contributed by atoms with Gasteiger partial charge in [-0.25, -0.2) is 0 Å². The Balaban J connectivity index is 2.78. The number of hydrogen-bond donors (Lipinski definition) is 2. The van der Waals surface area contributed by atoms with Gasteiger partial charge in [-0.2, -0.15) is 0 Å². The summed E-state index contributed by atoms with van der Waals surface area (Å²) in [5, 5.41) is 18.9. The van der Waals surface area contributed by atoms with Crippen LogP contribution in [0.1, 0.15) is 20.8 Å². The average molecular weight is 174 g/mol. The highest BCUT2D eigenvalue weighted by Gasteiger charge is 2.47. The summed E-state index contributed by atoms with van der Waals surface area (Å²) in [5.74, 6) is -0.990. The second kappa shape index (κ2) is 2.71. The van der Waals surface area contributed by atoms with Crippen LogP contribution in [0.25, 0.3) is 0 Å². The molecule has 0 bridgehead atoms. The number of carbonyl (C=O) groups excluding carboxylic acids is 1. The van der Waals surface area contributed by atoms with E-state index in [0.29, 0.717) is 0 Å². The molecule has 1 fully saturated rings. The van der Waals surface area contributed by atoms with Gasteiger partial charge in [0.05, 0.1) is 11.5 Å². The Kier molecular flexibility index (Phi) is 2.14. The number of carbonyl (C=O) groups is 1. The number of aliphatic hydroxyl groups excluding tert-OH is 1. The normalized spacial score (nSPS) is 36.8. The van der Waals surface area contributed by atoms with Crippen molar-refractivity contribution in [2.24, 2.45) is 5.92 Å². The molecule has 1 rings (SSSR count). The Hall–Kier alpha value is -0.610. The van der Waals surface area contributed by atoms with Crippen LogP contribution in [-0.2, 0) is 9.53 Å². The minimum absolute atomic E-state index is 0.449. The summed E-state index contributed by atoms with van der Waals surface area (Å²) in [6.07, 6.45) is -1.71. The highest BCUT2D eigenvalue weighted by molar-refractivity contribution is 5.75. The quantitative estimate of drug-likeness (QED) is 0.535. The molecule has 1 heterocycles. The molecule has 0 aromatic carbocycles. The molecule has 0 aromatic rings. The number of ether oxygens (including phenoxy) is 1. The molecule has 4 heteroatoms. The zero-order chi connectivity index (χ0) is 9.52. The van der Waals surface area contributed by atoms with E-state index in [1.165, 1.54) is 13.8 Å². The second-order valence-corrected chi connectivity index (χ2v) is 3.79. The van der Waals surface area contributed by atoms with Gasteiger partial charge in [-0.15, -0.1) is 0 Å². The Morgan fingerprint density at radius 1 is 1.50 bits per heavy atom. The third-order valence-electron chi connectivity index (χ3n) is 2.13. The number of esters is 1. The van der Waals surface area contributed by atoms with Crippen molar-refractivity contribution in [3.05, 3.63) is 0 Å². The molecule has 0 aromatic heterocycles. The van der Waals surface area contributed by atoms with E-state index in [1.54, 1.807) is 6.92 Å². The van der Waals surface area contributed by atoms with Gasteiger partial charge in [-0.3, -0.25) is 4.79 Å². The maximum absolute atomic E-state index is 10.9. The van der Waals surface area contributed by atoms with E-state index >= 15 is 0 Å². The fourth-order valence-electron chi connectivity index (χ4n) is 1.27. The Labute approximate surface area is 71.2 Å². The van der Waals surface area contributed by atoms with Crippen molar-refractivity contribution in [2.45, 2.75) is 38.6 Å². The lowest BCUT2D eigenvalue weighted by Crippen LogP contribution is -2.43. The van der Waals surface area contributed by atoms with Crippen LogP contribution in [0.5, 0.6) is 0 Å². The van der Waals surface area contributed by atoms with Crippen molar-refractivity contribution in [1.29, 1.82) is 0 Å². The van der Waals surface area contributed by atoms with Gasteiger partial charge in [0.15, 0.2) is 6.10 Å². The topological polar surface area (TPSA) is 66.8 Å². The minimum Gasteiger partial charge on any atom is -0.456 e. The van der Waals surface area contributed by atoms with Gasteiger partial charge in [-0.1, -0.05) is 0 Å². The maximum atomic E-state index is 10.9. The van der Waals surface area contributed by atoms with Crippen molar-refractivity contribution in [2.75, 3.05) is 0 Å². The first kappa shape index (κ1) is 9.48. The van der Waals surface area contributed by atoms with Crippen LogP contribution in [0, 0.1) is 5.92 Å². The maximum Gasteiger partial charge on any atom is 0.311 e. The van der Waals surface area contributed by atoms with Crippen LogP contribution < -0.4 is 0 Å². The van der Waals surface area contributed by atoms with Gasteiger partial charge < -0.3 is 14.9 Å². The van der Waals surface area contributed by atoms with Crippen molar-refractivity contribution < 1.29 is 19.7 Å². The molecule has 0 saturated carbocycles. The van der Waals surface area contributed by atoms with E-state index in [2.05, 4.69) is 0 Å². The number of hydrogen-bond acceptors (Lipinski definition) is 4. The predicted molar refractivity (Wildman–Crippen MR) is 41.3 cm³/mol. The molecule has 0 radical (unpaired) electrons.